The third-order valence-corrected chi connectivity index (χ3v) is 6.81. The third kappa shape index (κ3) is 7.73. The van der Waals surface area contributed by atoms with Crippen molar-refractivity contribution in [1.29, 1.82) is 0 Å². The van der Waals surface area contributed by atoms with Crippen molar-refractivity contribution in [2.75, 3.05) is 25.4 Å². The first-order valence-electron chi connectivity index (χ1n) is 11.0. The lowest BCUT2D eigenvalue weighted by atomic mass is 9.86. The average Bonchev–Trinajstić information content (AvgIpc) is 3.02. The molecule has 8 nitrogen and oxygen atoms in total. The monoisotopic (exact) mass is 574 g/mol. The summed E-state index contributed by atoms with van der Waals surface area (Å²) in [7, 11) is -3.28. The number of benzene rings is 1. The Morgan fingerprint density at radius 3 is 2.59 bits per heavy atom. The highest BCUT2D eigenvalue weighted by Gasteiger charge is 2.20. The van der Waals surface area contributed by atoms with Gasteiger partial charge in [-0.1, -0.05) is 24.6 Å². The van der Waals surface area contributed by atoms with Crippen molar-refractivity contribution < 1.29 is 8.42 Å². The molecule has 0 radical (unpaired) electrons. The van der Waals surface area contributed by atoms with E-state index in [1.54, 1.807) is 0 Å². The second-order valence-corrected chi connectivity index (χ2v) is 9.98. The predicted molar refractivity (Wildman–Crippen MR) is 140 cm³/mol. The van der Waals surface area contributed by atoms with Crippen LogP contribution in [0.15, 0.2) is 35.3 Å². The van der Waals surface area contributed by atoms with E-state index < -0.39 is 10.0 Å². The maximum absolute atomic E-state index is 12.2. The van der Waals surface area contributed by atoms with E-state index in [-0.39, 0.29) is 29.7 Å². The molecule has 3 rings (SSSR count). The molecule has 1 heterocycles. The van der Waals surface area contributed by atoms with Crippen molar-refractivity contribution in [2.24, 2.45) is 10.9 Å². The van der Waals surface area contributed by atoms with Crippen LogP contribution in [0.1, 0.15) is 43.1 Å². The van der Waals surface area contributed by atoms with E-state index in [9.17, 15) is 8.42 Å². The molecular formula is C22H35IN6O2S. The molecule has 0 saturated heterocycles. The molecule has 10 heteroatoms. The van der Waals surface area contributed by atoms with E-state index in [1.165, 1.54) is 6.42 Å². The molecule has 0 atom stereocenters. The van der Waals surface area contributed by atoms with Gasteiger partial charge in [0.05, 0.1) is 23.7 Å². The Kier molecular flexibility index (Phi) is 10.4. The Hall–Kier alpha value is -1.66. The lowest BCUT2D eigenvalue weighted by molar-refractivity contribution is 0.316. The number of aliphatic imine (C=N–C) groups is 1. The number of sulfonamides is 1. The first-order chi connectivity index (χ1) is 14.9. The minimum atomic E-state index is -3.28. The average molecular weight is 575 g/mol. The van der Waals surface area contributed by atoms with Gasteiger partial charge in [0.2, 0.25) is 10.0 Å². The number of hydrogen-bond acceptors (Lipinski definition) is 4. The van der Waals surface area contributed by atoms with Crippen LogP contribution < -0.4 is 15.4 Å². The summed E-state index contributed by atoms with van der Waals surface area (Å²) in [5.74, 6) is 1.12. The summed E-state index contributed by atoms with van der Waals surface area (Å²) in [6.45, 7) is 7.99. The van der Waals surface area contributed by atoms with Crippen LogP contribution in [0.2, 0.25) is 0 Å². The van der Waals surface area contributed by atoms with Crippen molar-refractivity contribution in [3.05, 3.63) is 47.3 Å². The summed E-state index contributed by atoms with van der Waals surface area (Å²) >= 11 is 0. The Bertz CT molecular complexity index is 1000. The number of hydrogen-bond donors (Lipinski definition) is 3. The highest BCUT2D eigenvalue weighted by atomic mass is 127. The molecule has 1 fully saturated rings. The van der Waals surface area contributed by atoms with Crippen LogP contribution >= 0.6 is 24.0 Å². The standard InChI is InChI=1S/C22H34N6O2S.HI/c1-4-23-22(24-12-13-31(29,30)26-15-19-8-7-9-19)25-16-20-10-5-6-11-21(20)28-18(3)14-17(2)27-28;/h5-6,10-11,14,19,26H,4,7-9,12-13,15-16H2,1-3H3,(H2,23,24,25);1H. The zero-order valence-corrected chi connectivity index (χ0v) is 22.2. The van der Waals surface area contributed by atoms with E-state index >= 15 is 0 Å². The molecule has 178 valence electrons. The van der Waals surface area contributed by atoms with E-state index in [0.29, 0.717) is 38.1 Å². The topological polar surface area (TPSA) is 100 Å². The maximum Gasteiger partial charge on any atom is 0.213 e. The molecule has 2 aromatic rings. The predicted octanol–water partition coefficient (Wildman–Crippen LogP) is 2.88. The number of rotatable bonds is 10. The molecule has 3 N–H and O–H groups in total. The van der Waals surface area contributed by atoms with Crippen LogP contribution in [0.3, 0.4) is 0 Å². The zero-order valence-electron chi connectivity index (χ0n) is 19.1. The molecule has 1 aromatic heterocycles. The number of guanidine groups is 1. The fraction of sp³-hybridized carbons (Fsp3) is 0.545. The summed E-state index contributed by atoms with van der Waals surface area (Å²) in [5.41, 5.74) is 4.08. The zero-order chi connectivity index (χ0) is 22.3. The maximum atomic E-state index is 12.2. The number of aromatic nitrogens is 2. The van der Waals surface area contributed by atoms with Crippen molar-refractivity contribution in [2.45, 2.75) is 46.6 Å². The molecule has 1 aromatic carbocycles. The van der Waals surface area contributed by atoms with Gasteiger partial charge in [0.25, 0.3) is 0 Å². The number of nitrogens with zero attached hydrogens (tertiary/aromatic N) is 3. The van der Waals surface area contributed by atoms with Crippen LogP contribution in [-0.4, -0.2) is 49.5 Å². The van der Waals surface area contributed by atoms with Gasteiger partial charge in [0.15, 0.2) is 5.96 Å². The number of nitrogens with one attached hydrogen (secondary N) is 3. The smallest absolute Gasteiger partial charge is 0.213 e. The third-order valence-electron chi connectivity index (χ3n) is 5.46. The fourth-order valence-electron chi connectivity index (χ4n) is 3.55. The van der Waals surface area contributed by atoms with Gasteiger partial charge in [0, 0.05) is 25.3 Å². The Morgan fingerprint density at radius 2 is 1.97 bits per heavy atom. The van der Waals surface area contributed by atoms with Crippen LogP contribution in [0.25, 0.3) is 5.69 Å². The molecule has 0 amide bonds. The van der Waals surface area contributed by atoms with Crippen LogP contribution in [0, 0.1) is 19.8 Å². The van der Waals surface area contributed by atoms with Crippen LogP contribution in [0.5, 0.6) is 0 Å². The number of halogens is 1. The van der Waals surface area contributed by atoms with Gasteiger partial charge < -0.3 is 10.6 Å². The quantitative estimate of drug-likeness (QED) is 0.230. The minimum absolute atomic E-state index is 0. The first-order valence-corrected chi connectivity index (χ1v) is 12.6. The van der Waals surface area contributed by atoms with Crippen molar-refractivity contribution in [3.63, 3.8) is 0 Å². The van der Waals surface area contributed by atoms with E-state index in [4.69, 9.17) is 0 Å². The molecule has 1 aliphatic carbocycles. The van der Waals surface area contributed by atoms with Gasteiger partial charge >= 0.3 is 0 Å². The van der Waals surface area contributed by atoms with Gasteiger partial charge in [-0.2, -0.15) is 5.10 Å². The molecule has 0 aliphatic heterocycles. The summed E-state index contributed by atoms with van der Waals surface area (Å²) in [4.78, 5) is 4.66. The molecule has 32 heavy (non-hydrogen) atoms. The highest BCUT2D eigenvalue weighted by molar-refractivity contribution is 14.0. The lowest BCUT2D eigenvalue weighted by Crippen LogP contribution is -2.42. The molecule has 0 bridgehead atoms. The molecule has 0 unspecified atom stereocenters. The number of para-hydroxylation sites is 1. The van der Waals surface area contributed by atoms with Gasteiger partial charge in [-0.05, 0) is 57.2 Å². The minimum Gasteiger partial charge on any atom is -0.357 e. The molecular weight excluding hydrogens is 539 g/mol. The summed E-state index contributed by atoms with van der Waals surface area (Å²) < 4.78 is 29.1. The Labute approximate surface area is 208 Å². The normalized spacial score (nSPS) is 14.5. The molecule has 1 saturated carbocycles. The molecule has 1 aliphatic rings. The van der Waals surface area contributed by atoms with E-state index in [2.05, 4.69) is 25.4 Å². The molecule has 0 spiro atoms. The van der Waals surface area contributed by atoms with E-state index in [0.717, 1.165) is 35.5 Å². The Balaban J connectivity index is 0.00000363. The van der Waals surface area contributed by atoms with E-state index in [1.807, 2.05) is 55.8 Å². The summed E-state index contributed by atoms with van der Waals surface area (Å²) in [6, 6.07) is 10.1. The van der Waals surface area contributed by atoms with Gasteiger partial charge in [0.1, 0.15) is 0 Å². The van der Waals surface area contributed by atoms with Gasteiger partial charge in [-0.15, -0.1) is 24.0 Å². The van der Waals surface area contributed by atoms with Crippen LogP contribution in [-0.2, 0) is 16.6 Å². The summed E-state index contributed by atoms with van der Waals surface area (Å²) in [5, 5.41) is 10.9. The lowest BCUT2D eigenvalue weighted by Gasteiger charge is -2.25. The van der Waals surface area contributed by atoms with Crippen LogP contribution in [0.4, 0.5) is 0 Å². The number of aryl methyl sites for hydroxylation is 2. The SMILES string of the molecule is CCNC(=NCc1ccccc1-n1nc(C)cc1C)NCCS(=O)(=O)NCC1CCC1.I. The van der Waals surface area contributed by atoms with Crippen molar-refractivity contribution >= 4 is 40.0 Å². The highest BCUT2D eigenvalue weighted by Crippen LogP contribution is 2.25. The largest absolute Gasteiger partial charge is 0.357 e. The summed E-state index contributed by atoms with van der Waals surface area (Å²) in [6.07, 6.45) is 3.45. The van der Waals surface area contributed by atoms with Crippen molar-refractivity contribution in [1.82, 2.24) is 25.1 Å². The second-order valence-electron chi connectivity index (χ2n) is 8.05. The fourth-order valence-corrected chi connectivity index (χ4v) is 4.55. The second kappa shape index (κ2) is 12.5. The van der Waals surface area contributed by atoms with Crippen molar-refractivity contribution in [3.8, 4) is 5.69 Å². The van der Waals surface area contributed by atoms with Gasteiger partial charge in [-0.25, -0.2) is 22.8 Å². The Morgan fingerprint density at radius 1 is 1.22 bits per heavy atom. The van der Waals surface area contributed by atoms with Gasteiger partial charge in [-0.3, -0.25) is 0 Å². The first kappa shape index (κ1) is 26.6.